The molecule has 0 unspecified atom stereocenters. The van der Waals surface area contributed by atoms with Crippen molar-refractivity contribution in [3.8, 4) is 123 Å². The van der Waals surface area contributed by atoms with Crippen LogP contribution in [0.2, 0.25) is 0 Å². The highest BCUT2D eigenvalue weighted by molar-refractivity contribution is 6.13. The van der Waals surface area contributed by atoms with Gasteiger partial charge < -0.3 is 4.57 Å². The maximum Gasteiger partial charge on any atom is 0.238 e. The number of rotatable bonds is 12. The molecule has 17 rings (SSSR count). The first-order valence-corrected chi connectivity index (χ1v) is 31.3. The lowest BCUT2D eigenvalue weighted by atomic mass is 9.92. The van der Waals surface area contributed by atoms with Crippen molar-refractivity contribution in [1.29, 1.82) is 0 Å². The quantitative estimate of drug-likeness (QED) is 0.122. The van der Waals surface area contributed by atoms with E-state index < -0.39 is 0 Å². The van der Waals surface area contributed by atoms with Gasteiger partial charge in [0.25, 0.3) is 0 Å². The molecule has 0 aliphatic carbocycles. The van der Waals surface area contributed by atoms with Crippen LogP contribution in [0.1, 0.15) is 0 Å². The highest BCUT2D eigenvalue weighted by atomic mass is 15.2. The summed E-state index contributed by atoms with van der Waals surface area (Å²) in [7, 11) is 0. The normalized spacial score (nSPS) is 11.5. The van der Waals surface area contributed by atoms with Gasteiger partial charge in [0.1, 0.15) is 0 Å². The van der Waals surface area contributed by atoms with E-state index in [1.807, 2.05) is 18.2 Å². The van der Waals surface area contributed by atoms with E-state index >= 15 is 0 Å². The zero-order chi connectivity index (χ0) is 60.9. The molecule has 92 heavy (non-hydrogen) atoms. The third kappa shape index (κ3) is 9.91. The first kappa shape index (κ1) is 53.9. The van der Waals surface area contributed by atoms with Gasteiger partial charge in [0.2, 0.25) is 5.95 Å². The summed E-state index contributed by atoms with van der Waals surface area (Å²) in [4.78, 5) is 16.7. The largest absolute Gasteiger partial charge is 0.309 e. The summed E-state index contributed by atoms with van der Waals surface area (Å²) >= 11 is 0. The summed E-state index contributed by atoms with van der Waals surface area (Å²) in [6, 6.07) is 124. The van der Waals surface area contributed by atoms with Crippen molar-refractivity contribution in [2.45, 2.75) is 0 Å². The lowest BCUT2D eigenvalue weighted by Gasteiger charge is -2.15. The third-order valence-electron chi connectivity index (χ3n) is 17.9. The van der Waals surface area contributed by atoms with E-state index in [1.165, 1.54) is 11.1 Å². The van der Waals surface area contributed by atoms with Crippen molar-refractivity contribution in [1.82, 2.24) is 24.1 Å². The van der Waals surface area contributed by atoms with Crippen LogP contribution in [0, 0.1) is 0 Å². The Labute approximate surface area is 533 Å². The molecule has 0 fully saturated rings. The second-order valence-electron chi connectivity index (χ2n) is 23.6. The number of aromatic nitrogens is 5. The SMILES string of the molecule is c1ccc(-c2cc(-c3ccccc3)cc(-c3ccc4c(c3)c3cc(-c5cc(-c6ccccc6)cc(-c6ccccc6)c5)ccc3n4-c3nc(-c4ccccc4)nc(-c4ccccc4-n4c5ccc(-c6ccccc6)cc5c5cc(-c6ccccc6)ccc54)n3)c2)cc1. The van der Waals surface area contributed by atoms with Gasteiger partial charge in [0.15, 0.2) is 11.6 Å². The molecule has 0 spiro atoms. The van der Waals surface area contributed by atoms with Gasteiger partial charge in [-0.3, -0.25) is 4.57 Å². The van der Waals surface area contributed by atoms with Gasteiger partial charge in [-0.15, -0.1) is 0 Å². The fourth-order valence-electron chi connectivity index (χ4n) is 13.4. The molecule has 3 heterocycles. The molecule has 0 amide bonds. The molecule has 0 radical (unpaired) electrons. The maximum atomic E-state index is 5.68. The molecule has 0 saturated heterocycles. The molecular formula is C87H57N5. The third-order valence-corrected chi connectivity index (χ3v) is 17.9. The molecule has 5 nitrogen and oxygen atoms in total. The Balaban J connectivity index is 0.899. The molecule has 0 saturated carbocycles. The van der Waals surface area contributed by atoms with Gasteiger partial charge in [-0.25, -0.2) is 4.98 Å². The zero-order valence-electron chi connectivity index (χ0n) is 50.1. The Kier molecular flexibility index (Phi) is 13.5. The van der Waals surface area contributed by atoms with Gasteiger partial charge in [-0.05, 0) is 186 Å². The lowest BCUT2D eigenvalue weighted by molar-refractivity contribution is 0.951. The van der Waals surface area contributed by atoms with Crippen molar-refractivity contribution >= 4 is 43.6 Å². The molecule has 17 aromatic rings. The Morgan fingerprint density at radius 2 is 0.435 bits per heavy atom. The van der Waals surface area contributed by atoms with Crippen LogP contribution >= 0.6 is 0 Å². The number of nitrogens with zero attached hydrogens (tertiary/aromatic N) is 5. The van der Waals surface area contributed by atoms with Crippen molar-refractivity contribution in [2.75, 3.05) is 0 Å². The van der Waals surface area contributed by atoms with E-state index in [9.17, 15) is 0 Å². The average molecular weight is 1170 g/mol. The van der Waals surface area contributed by atoms with Gasteiger partial charge in [0, 0.05) is 32.7 Å². The summed E-state index contributed by atoms with van der Waals surface area (Å²) < 4.78 is 4.64. The molecule has 0 bridgehead atoms. The Hall–Kier alpha value is -12.3. The predicted octanol–water partition coefficient (Wildman–Crippen LogP) is 22.7. The fraction of sp³-hybridized carbons (Fsp3) is 0. The average Bonchev–Trinajstić information content (AvgIpc) is 1.60. The summed E-state index contributed by atoms with van der Waals surface area (Å²) in [5, 5.41) is 4.47. The van der Waals surface area contributed by atoms with Gasteiger partial charge >= 0.3 is 0 Å². The van der Waals surface area contributed by atoms with Crippen molar-refractivity contribution in [3.63, 3.8) is 0 Å². The molecule has 0 aliphatic heterocycles. The van der Waals surface area contributed by atoms with Crippen LogP contribution in [-0.2, 0) is 0 Å². The van der Waals surface area contributed by atoms with E-state index in [0.717, 1.165) is 138 Å². The second-order valence-corrected chi connectivity index (χ2v) is 23.6. The van der Waals surface area contributed by atoms with E-state index in [0.29, 0.717) is 17.6 Å². The van der Waals surface area contributed by atoms with Crippen LogP contribution in [0.3, 0.4) is 0 Å². The molecule has 5 heteroatoms. The summed E-state index contributed by atoms with van der Waals surface area (Å²) in [6.07, 6.45) is 0. The Bertz CT molecular complexity index is 5190. The van der Waals surface area contributed by atoms with Crippen molar-refractivity contribution in [3.05, 3.63) is 346 Å². The number of fused-ring (bicyclic) bond motifs is 6. The van der Waals surface area contributed by atoms with E-state index in [-0.39, 0.29) is 0 Å². The highest BCUT2D eigenvalue weighted by Crippen LogP contribution is 2.43. The van der Waals surface area contributed by atoms with Gasteiger partial charge in [-0.1, -0.05) is 249 Å². The number of hydrogen-bond acceptors (Lipinski definition) is 3. The van der Waals surface area contributed by atoms with E-state index in [2.05, 4.69) is 337 Å². The van der Waals surface area contributed by atoms with E-state index in [1.54, 1.807) is 0 Å². The predicted molar refractivity (Wildman–Crippen MR) is 383 cm³/mol. The van der Waals surface area contributed by atoms with Crippen LogP contribution in [-0.4, -0.2) is 24.1 Å². The monoisotopic (exact) mass is 1170 g/mol. The molecule has 0 N–H and O–H groups in total. The van der Waals surface area contributed by atoms with Crippen molar-refractivity contribution in [2.24, 2.45) is 0 Å². The fourth-order valence-corrected chi connectivity index (χ4v) is 13.4. The van der Waals surface area contributed by atoms with Gasteiger partial charge in [-0.2, -0.15) is 9.97 Å². The minimum absolute atomic E-state index is 0.515. The number of hydrogen-bond donors (Lipinski definition) is 0. The first-order valence-electron chi connectivity index (χ1n) is 31.3. The molecule has 14 aromatic carbocycles. The smallest absolute Gasteiger partial charge is 0.238 e. The molecule has 430 valence electrons. The lowest BCUT2D eigenvalue weighted by Crippen LogP contribution is -2.07. The summed E-state index contributed by atoms with van der Waals surface area (Å²) in [5.74, 6) is 1.64. The van der Waals surface area contributed by atoms with Crippen molar-refractivity contribution < 1.29 is 0 Å². The van der Waals surface area contributed by atoms with Crippen LogP contribution in [0.25, 0.3) is 167 Å². The molecular weight excluding hydrogens is 1110 g/mol. The molecule has 0 aliphatic rings. The van der Waals surface area contributed by atoms with Crippen LogP contribution in [0.15, 0.2) is 346 Å². The first-order chi connectivity index (χ1) is 45.6. The Morgan fingerprint density at radius 3 is 0.783 bits per heavy atom. The molecule has 0 atom stereocenters. The van der Waals surface area contributed by atoms with Crippen LogP contribution < -0.4 is 0 Å². The van der Waals surface area contributed by atoms with Crippen LogP contribution in [0.5, 0.6) is 0 Å². The minimum Gasteiger partial charge on any atom is -0.309 e. The number of benzene rings is 14. The zero-order valence-corrected chi connectivity index (χ0v) is 50.1. The van der Waals surface area contributed by atoms with E-state index in [4.69, 9.17) is 15.0 Å². The number of para-hydroxylation sites is 1. The second kappa shape index (κ2) is 23.0. The minimum atomic E-state index is 0.515. The standard InChI is InChI=1S/C87H57N5/c1-8-24-58(25-9-1)65-40-44-81-76(54-65)77-55-66(59-26-10-2-11-27-59)41-45-82(77)91(81)80-39-23-22-38-75(80)86-88-85(64-36-20-7-21-37-64)89-87(90-86)92-83-46-42-67(73-50-69(60-28-12-3-13-29-60)48-70(51-73)61-30-14-4-15-31-61)56-78(83)79-57-68(43-47-84(79)92)74-52-71(62-32-16-5-17-33-62)49-72(53-74)63-34-18-6-19-35-63/h1-57H. The Morgan fingerprint density at radius 1 is 0.174 bits per heavy atom. The van der Waals surface area contributed by atoms with Gasteiger partial charge in [0.05, 0.1) is 27.8 Å². The topological polar surface area (TPSA) is 48.5 Å². The molecule has 3 aromatic heterocycles. The van der Waals surface area contributed by atoms with Crippen LogP contribution in [0.4, 0.5) is 0 Å². The summed E-state index contributed by atoms with van der Waals surface area (Å²) in [6.45, 7) is 0. The highest BCUT2D eigenvalue weighted by Gasteiger charge is 2.24. The maximum absolute atomic E-state index is 5.68. The summed E-state index contributed by atoms with van der Waals surface area (Å²) in [5.41, 5.74) is 25.2.